The van der Waals surface area contributed by atoms with E-state index in [1.54, 1.807) is 28.9 Å². The number of nitrogens with zero attached hydrogens (tertiary/aromatic N) is 3. The van der Waals surface area contributed by atoms with Crippen LogP contribution in [0.2, 0.25) is 0 Å². The van der Waals surface area contributed by atoms with Crippen molar-refractivity contribution in [2.24, 2.45) is 5.73 Å². The van der Waals surface area contributed by atoms with Crippen molar-refractivity contribution in [1.29, 1.82) is 0 Å². The van der Waals surface area contributed by atoms with E-state index in [0.717, 1.165) is 12.0 Å². The predicted molar refractivity (Wildman–Crippen MR) is 75.0 cm³/mol. The highest BCUT2D eigenvalue weighted by Crippen LogP contribution is 2.12. The summed E-state index contributed by atoms with van der Waals surface area (Å²) < 4.78 is 1.58. The first-order valence-electron chi connectivity index (χ1n) is 6.57. The van der Waals surface area contributed by atoms with Gasteiger partial charge in [0.15, 0.2) is 5.69 Å². The van der Waals surface area contributed by atoms with E-state index in [9.17, 15) is 9.59 Å². The number of benzene rings is 1. The summed E-state index contributed by atoms with van der Waals surface area (Å²) in [6, 6.07) is 6.79. The van der Waals surface area contributed by atoms with Crippen molar-refractivity contribution in [3.8, 4) is 0 Å². The number of amides is 1. The molecule has 1 aromatic heterocycles. The van der Waals surface area contributed by atoms with Gasteiger partial charge in [-0.05, 0) is 24.1 Å². The van der Waals surface area contributed by atoms with Gasteiger partial charge in [-0.3, -0.25) is 4.79 Å². The minimum absolute atomic E-state index is 0.00870. The molecule has 0 radical (unpaired) electrons. The molecule has 0 saturated carbocycles. The Hall–Kier alpha value is -2.70. The molecule has 0 aliphatic carbocycles. The van der Waals surface area contributed by atoms with Crippen LogP contribution in [0.25, 0.3) is 0 Å². The summed E-state index contributed by atoms with van der Waals surface area (Å²) in [6.45, 7) is 2.36. The molecule has 0 fully saturated rings. The lowest BCUT2D eigenvalue weighted by atomic mass is 10.1. The van der Waals surface area contributed by atoms with Gasteiger partial charge in [0.1, 0.15) is 0 Å². The normalized spacial score (nSPS) is 10.5. The van der Waals surface area contributed by atoms with Crippen LogP contribution in [0.5, 0.6) is 0 Å². The van der Waals surface area contributed by atoms with Crippen molar-refractivity contribution >= 4 is 11.9 Å². The summed E-state index contributed by atoms with van der Waals surface area (Å²) in [5.74, 6) is -1.56. The van der Waals surface area contributed by atoms with E-state index < -0.39 is 11.9 Å². The summed E-state index contributed by atoms with van der Waals surface area (Å²) >= 11 is 0. The lowest BCUT2D eigenvalue weighted by Crippen LogP contribution is -2.12. The highest BCUT2D eigenvalue weighted by Gasteiger charge is 2.18. The molecule has 1 amide bonds. The quantitative estimate of drug-likeness (QED) is 0.826. The highest BCUT2D eigenvalue weighted by atomic mass is 16.4. The van der Waals surface area contributed by atoms with Gasteiger partial charge in [-0.25, -0.2) is 9.48 Å². The molecule has 0 aliphatic rings. The predicted octanol–water partition coefficient (Wildman–Crippen LogP) is 1.08. The van der Waals surface area contributed by atoms with Crippen molar-refractivity contribution in [3.05, 3.63) is 46.8 Å². The van der Waals surface area contributed by atoms with Crippen molar-refractivity contribution in [2.45, 2.75) is 26.3 Å². The summed E-state index contributed by atoms with van der Waals surface area (Å²) in [6.07, 6.45) is 1.39. The fourth-order valence-electron chi connectivity index (χ4n) is 2.06. The molecular weight excluding hydrogens is 272 g/mol. The van der Waals surface area contributed by atoms with Gasteiger partial charge in [-0.2, -0.15) is 0 Å². The standard InChI is InChI=1S/C14H16N4O3/c1-2-3-11-12(14(20)21)16-17-18(11)8-9-4-6-10(7-5-9)13(15)19/h4-7H,2-3,8H2,1H3,(H2,15,19)(H,20,21). The van der Waals surface area contributed by atoms with Gasteiger partial charge in [-0.1, -0.05) is 30.7 Å². The molecular formula is C14H16N4O3. The second kappa shape index (κ2) is 6.17. The molecule has 0 unspecified atom stereocenters. The SMILES string of the molecule is CCCc1c(C(=O)O)nnn1Cc1ccc(C(N)=O)cc1. The zero-order valence-corrected chi connectivity index (χ0v) is 11.6. The number of primary amides is 1. The molecule has 7 nitrogen and oxygen atoms in total. The largest absolute Gasteiger partial charge is 0.476 e. The average molecular weight is 288 g/mol. The van der Waals surface area contributed by atoms with E-state index in [1.165, 1.54) is 0 Å². The first kappa shape index (κ1) is 14.7. The number of rotatable bonds is 6. The van der Waals surface area contributed by atoms with E-state index in [1.807, 2.05) is 6.92 Å². The number of hydrogen-bond donors (Lipinski definition) is 2. The summed E-state index contributed by atoms with van der Waals surface area (Å²) in [5.41, 5.74) is 7.09. The molecule has 7 heteroatoms. The lowest BCUT2D eigenvalue weighted by Gasteiger charge is -2.06. The average Bonchev–Trinajstić information content (AvgIpc) is 2.83. The van der Waals surface area contributed by atoms with E-state index in [-0.39, 0.29) is 5.69 Å². The second-order valence-corrected chi connectivity index (χ2v) is 4.66. The van der Waals surface area contributed by atoms with Crippen LogP contribution in [0.3, 0.4) is 0 Å². The maximum atomic E-state index is 11.1. The molecule has 2 rings (SSSR count). The topological polar surface area (TPSA) is 111 Å². The fraction of sp³-hybridized carbons (Fsp3) is 0.286. The Kier molecular flexibility index (Phi) is 4.32. The summed E-state index contributed by atoms with van der Waals surface area (Å²) in [4.78, 5) is 22.1. The molecule has 0 aliphatic heterocycles. The van der Waals surface area contributed by atoms with Crippen LogP contribution in [0, 0.1) is 0 Å². The van der Waals surface area contributed by atoms with Gasteiger partial charge in [-0.15, -0.1) is 5.10 Å². The van der Waals surface area contributed by atoms with Gasteiger partial charge in [0.25, 0.3) is 0 Å². The Labute approximate surface area is 121 Å². The van der Waals surface area contributed by atoms with Crippen molar-refractivity contribution in [3.63, 3.8) is 0 Å². The maximum Gasteiger partial charge on any atom is 0.358 e. The molecule has 0 spiro atoms. The number of nitrogens with two attached hydrogens (primary N) is 1. The fourth-order valence-corrected chi connectivity index (χ4v) is 2.06. The Bertz CT molecular complexity index is 661. The molecule has 3 N–H and O–H groups in total. The van der Waals surface area contributed by atoms with Crippen LogP contribution >= 0.6 is 0 Å². The molecule has 2 aromatic rings. The van der Waals surface area contributed by atoms with E-state index >= 15 is 0 Å². The number of aromatic nitrogens is 3. The molecule has 21 heavy (non-hydrogen) atoms. The van der Waals surface area contributed by atoms with Crippen LogP contribution in [0.15, 0.2) is 24.3 Å². The van der Waals surface area contributed by atoms with Crippen molar-refractivity contribution in [2.75, 3.05) is 0 Å². The third-order valence-corrected chi connectivity index (χ3v) is 3.10. The molecule has 1 aromatic carbocycles. The number of carbonyl (C=O) groups is 2. The number of aromatic carboxylic acids is 1. The molecule has 0 atom stereocenters. The van der Waals surface area contributed by atoms with E-state index in [4.69, 9.17) is 10.8 Å². The van der Waals surface area contributed by atoms with Crippen LogP contribution in [0.1, 0.15) is 45.4 Å². The summed E-state index contributed by atoms with van der Waals surface area (Å²) in [5, 5.41) is 16.7. The highest BCUT2D eigenvalue weighted by molar-refractivity contribution is 5.92. The zero-order valence-electron chi connectivity index (χ0n) is 11.6. The Morgan fingerprint density at radius 1 is 1.29 bits per heavy atom. The lowest BCUT2D eigenvalue weighted by molar-refractivity contribution is 0.0688. The van der Waals surface area contributed by atoms with Crippen LogP contribution in [-0.4, -0.2) is 32.0 Å². The first-order valence-corrected chi connectivity index (χ1v) is 6.57. The van der Waals surface area contributed by atoms with Crippen LogP contribution in [-0.2, 0) is 13.0 Å². The molecule has 0 saturated heterocycles. The van der Waals surface area contributed by atoms with Crippen LogP contribution < -0.4 is 5.73 Å². The number of carbonyl (C=O) groups excluding carboxylic acids is 1. The molecule has 0 bridgehead atoms. The monoisotopic (exact) mass is 288 g/mol. The smallest absolute Gasteiger partial charge is 0.358 e. The van der Waals surface area contributed by atoms with Crippen molar-refractivity contribution < 1.29 is 14.7 Å². The first-order chi connectivity index (χ1) is 10.0. The minimum atomic E-state index is -1.08. The Morgan fingerprint density at radius 3 is 2.48 bits per heavy atom. The zero-order chi connectivity index (χ0) is 15.4. The number of carboxylic acids is 1. The number of carboxylic acid groups (broad SMARTS) is 1. The third kappa shape index (κ3) is 3.25. The number of hydrogen-bond acceptors (Lipinski definition) is 4. The van der Waals surface area contributed by atoms with Gasteiger partial charge in [0.05, 0.1) is 12.2 Å². The second-order valence-electron chi connectivity index (χ2n) is 4.66. The van der Waals surface area contributed by atoms with Gasteiger partial charge >= 0.3 is 5.97 Å². The third-order valence-electron chi connectivity index (χ3n) is 3.10. The van der Waals surface area contributed by atoms with E-state index in [2.05, 4.69) is 10.3 Å². The maximum absolute atomic E-state index is 11.1. The summed E-state index contributed by atoms with van der Waals surface area (Å²) in [7, 11) is 0. The molecule has 110 valence electrons. The Morgan fingerprint density at radius 2 is 1.95 bits per heavy atom. The van der Waals surface area contributed by atoms with Gasteiger partial charge in [0, 0.05) is 5.56 Å². The minimum Gasteiger partial charge on any atom is -0.476 e. The van der Waals surface area contributed by atoms with Crippen molar-refractivity contribution in [1.82, 2.24) is 15.0 Å². The van der Waals surface area contributed by atoms with Gasteiger partial charge < -0.3 is 10.8 Å². The molecule has 1 heterocycles. The van der Waals surface area contributed by atoms with Crippen LogP contribution in [0.4, 0.5) is 0 Å². The van der Waals surface area contributed by atoms with E-state index in [0.29, 0.717) is 24.2 Å². The van der Waals surface area contributed by atoms with Gasteiger partial charge in [0.2, 0.25) is 5.91 Å². The Balaban J connectivity index is 2.26.